The van der Waals surface area contributed by atoms with Gasteiger partial charge in [0.25, 0.3) is 0 Å². The van der Waals surface area contributed by atoms with Crippen LogP contribution in [-0.4, -0.2) is 44.6 Å². The second-order valence-corrected chi connectivity index (χ2v) is 11.0. The first-order valence-electron chi connectivity index (χ1n) is 12.8. The number of carbonyl (C=O) groups excluding carboxylic acids is 1. The summed E-state index contributed by atoms with van der Waals surface area (Å²) in [5.74, 6) is 13.0. The molecule has 4 aromatic rings. The van der Waals surface area contributed by atoms with Gasteiger partial charge in [0.15, 0.2) is 17.3 Å². The Labute approximate surface area is 246 Å². The van der Waals surface area contributed by atoms with Gasteiger partial charge < -0.3 is 20.6 Å². The Balaban J connectivity index is 1.40. The normalized spacial score (nSPS) is 13.6. The number of benzene rings is 1. The van der Waals surface area contributed by atoms with Crippen LogP contribution < -0.4 is 11.1 Å². The molecule has 1 amide bonds. The van der Waals surface area contributed by atoms with Crippen LogP contribution in [0, 0.1) is 44.5 Å². The number of carbonyl (C=O) groups is 1. The van der Waals surface area contributed by atoms with Crippen LogP contribution in [0.1, 0.15) is 62.8 Å². The Bertz CT molecular complexity index is 1780. The number of fused-ring (bicyclic) bond motifs is 3. The quantitative estimate of drug-likeness (QED) is 0.305. The summed E-state index contributed by atoms with van der Waals surface area (Å²) in [7, 11) is 0. The van der Waals surface area contributed by atoms with Crippen molar-refractivity contribution < 1.29 is 14.3 Å². The number of hydrogen-bond donors (Lipinski definition) is 3. The molecule has 0 aliphatic carbocycles. The molecule has 1 aliphatic heterocycles. The SMILES string of the molecule is Cc1sc2c(c1C)C(c1ccc(Cl)cc1)=N[C@@H](CC(=O)NCC#Cc1cc(CO)c(C#CCN)o1)c1nnc(C)n1-2. The monoisotopic (exact) mass is 586 g/mol. The fraction of sp³-hybridized carbons (Fsp3) is 0.267. The predicted molar refractivity (Wildman–Crippen MR) is 158 cm³/mol. The van der Waals surface area contributed by atoms with E-state index in [2.05, 4.69) is 53.0 Å². The first-order valence-corrected chi connectivity index (χ1v) is 14.0. The van der Waals surface area contributed by atoms with Gasteiger partial charge in [-0.25, -0.2) is 0 Å². The van der Waals surface area contributed by atoms with E-state index in [-0.39, 0.29) is 32.0 Å². The molecule has 208 valence electrons. The average Bonchev–Trinajstić information content (AvgIpc) is 3.60. The number of thiophene rings is 1. The van der Waals surface area contributed by atoms with E-state index in [0.29, 0.717) is 27.9 Å². The lowest BCUT2D eigenvalue weighted by Gasteiger charge is -2.12. The Hall–Kier alpha value is -4.19. The van der Waals surface area contributed by atoms with Gasteiger partial charge in [-0.3, -0.25) is 14.4 Å². The van der Waals surface area contributed by atoms with E-state index in [9.17, 15) is 9.90 Å². The lowest BCUT2D eigenvalue weighted by atomic mass is 9.99. The number of nitrogens with one attached hydrogen (secondary N) is 1. The summed E-state index contributed by atoms with van der Waals surface area (Å²) in [6.45, 7) is 6.10. The number of aliphatic imine (C=N–C) groups is 1. The molecule has 0 radical (unpaired) electrons. The van der Waals surface area contributed by atoms with E-state index in [1.165, 1.54) is 4.88 Å². The predicted octanol–water partition coefficient (Wildman–Crippen LogP) is 3.75. The van der Waals surface area contributed by atoms with Crippen molar-refractivity contribution in [2.24, 2.45) is 10.7 Å². The van der Waals surface area contributed by atoms with E-state index in [0.717, 1.165) is 33.2 Å². The third-order valence-electron chi connectivity index (χ3n) is 6.60. The van der Waals surface area contributed by atoms with E-state index < -0.39 is 6.04 Å². The molecular formula is C30H27ClN6O3S. The molecule has 0 bridgehead atoms. The van der Waals surface area contributed by atoms with Crippen LogP contribution in [-0.2, 0) is 11.4 Å². The fourth-order valence-corrected chi connectivity index (χ4v) is 5.84. The van der Waals surface area contributed by atoms with Gasteiger partial charge in [0.1, 0.15) is 16.9 Å². The average molecular weight is 587 g/mol. The number of aryl methyl sites for hydroxylation is 2. The Kier molecular flexibility index (Phi) is 8.39. The van der Waals surface area contributed by atoms with Gasteiger partial charge in [0.2, 0.25) is 5.91 Å². The molecule has 3 aromatic heterocycles. The maximum Gasteiger partial charge on any atom is 0.223 e. The number of rotatable bonds is 5. The number of nitrogens with two attached hydrogens (primary N) is 1. The largest absolute Gasteiger partial charge is 0.439 e. The molecular weight excluding hydrogens is 560 g/mol. The zero-order valence-electron chi connectivity index (χ0n) is 22.7. The van der Waals surface area contributed by atoms with Crippen LogP contribution in [0.3, 0.4) is 0 Å². The van der Waals surface area contributed by atoms with Gasteiger partial charge >= 0.3 is 0 Å². The van der Waals surface area contributed by atoms with Crippen LogP contribution >= 0.6 is 22.9 Å². The second kappa shape index (κ2) is 12.1. The maximum atomic E-state index is 13.1. The zero-order chi connectivity index (χ0) is 29.1. The molecule has 11 heteroatoms. The van der Waals surface area contributed by atoms with Crippen LogP contribution in [0.15, 0.2) is 39.7 Å². The zero-order valence-corrected chi connectivity index (χ0v) is 24.3. The summed E-state index contributed by atoms with van der Waals surface area (Å²) in [4.78, 5) is 19.4. The van der Waals surface area contributed by atoms with Crippen molar-refractivity contribution in [3.8, 4) is 28.7 Å². The molecule has 0 unspecified atom stereocenters. The molecule has 1 atom stereocenters. The third-order valence-corrected chi connectivity index (χ3v) is 8.05. The standard InChI is InChI=1S/C30H27ClN6O3S/c1-17-18(2)41-30-27(17)28(20-8-10-22(31)11-9-20)34-24(29-36-35-19(3)37(29)30)15-26(39)33-13-5-6-23-14-21(16-38)25(40-23)7-4-12-32/h8-11,14,24,38H,12-13,15-16,32H2,1-3H3,(H,33,39)/t24-/m0/s1. The summed E-state index contributed by atoms with van der Waals surface area (Å²) >= 11 is 7.83. The Morgan fingerprint density at radius 2 is 1.98 bits per heavy atom. The van der Waals surface area contributed by atoms with Crippen LogP contribution in [0.4, 0.5) is 0 Å². The van der Waals surface area contributed by atoms with E-state index >= 15 is 0 Å². The van der Waals surface area contributed by atoms with Gasteiger partial charge in [-0.1, -0.05) is 35.6 Å². The number of halogens is 1. The van der Waals surface area contributed by atoms with Crippen molar-refractivity contribution in [3.05, 3.63) is 85.7 Å². The molecule has 9 nitrogen and oxygen atoms in total. The van der Waals surface area contributed by atoms with Crippen LogP contribution in [0.2, 0.25) is 5.02 Å². The van der Waals surface area contributed by atoms with Gasteiger partial charge in [0, 0.05) is 26.6 Å². The number of furan rings is 1. The number of aliphatic hydroxyl groups excluding tert-OH is 1. The highest BCUT2D eigenvalue weighted by Crippen LogP contribution is 2.39. The van der Waals surface area contributed by atoms with Crippen LogP contribution in [0.25, 0.3) is 5.00 Å². The van der Waals surface area contributed by atoms with Crippen molar-refractivity contribution >= 4 is 34.6 Å². The number of aliphatic hydroxyl groups is 1. The summed E-state index contributed by atoms with van der Waals surface area (Å²) in [6, 6.07) is 8.59. The van der Waals surface area contributed by atoms with Gasteiger partial charge in [-0.2, -0.15) is 0 Å². The minimum atomic E-state index is -0.574. The van der Waals surface area contributed by atoms with Crippen molar-refractivity contribution in [3.63, 3.8) is 0 Å². The van der Waals surface area contributed by atoms with E-state index in [1.54, 1.807) is 17.4 Å². The Morgan fingerprint density at radius 1 is 1.20 bits per heavy atom. The molecule has 4 heterocycles. The van der Waals surface area contributed by atoms with Crippen molar-refractivity contribution in [1.82, 2.24) is 20.1 Å². The number of amides is 1. The van der Waals surface area contributed by atoms with Gasteiger partial charge in [-0.05, 0) is 56.4 Å². The first-order chi connectivity index (χ1) is 19.8. The summed E-state index contributed by atoms with van der Waals surface area (Å²) in [5, 5.41) is 22.7. The highest BCUT2D eigenvalue weighted by atomic mass is 35.5. The van der Waals surface area contributed by atoms with Gasteiger partial charge in [0.05, 0.1) is 31.8 Å². The highest BCUT2D eigenvalue weighted by molar-refractivity contribution is 7.15. The molecule has 41 heavy (non-hydrogen) atoms. The molecule has 5 rings (SSSR count). The molecule has 1 aliphatic rings. The lowest BCUT2D eigenvalue weighted by molar-refractivity contribution is -0.121. The minimum Gasteiger partial charge on any atom is -0.439 e. The highest BCUT2D eigenvalue weighted by Gasteiger charge is 2.32. The topological polar surface area (TPSA) is 132 Å². The number of hydrogen-bond acceptors (Lipinski definition) is 8. The molecule has 0 saturated heterocycles. The summed E-state index contributed by atoms with van der Waals surface area (Å²) in [5.41, 5.74) is 9.75. The maximum absolute atomic E-state index is 13.1. The van der Waals surface area contributed by atoms with Crippen molar-refractivity contribution in [2.75, 3.05) is 13.1 Å². The minimum absolute atomic E-state index is 0.0537. The third kappa shape index (κ3) is 5.83. The number of aromatic nitrogens is 3. The molecule has 0 spiro atoms. The first kappa shape index (κ1) is 28.3. The Morgan fingerprint density at radius 3 is 2.71 bits per heavy atom. The summed E-state index contributed by atoms with van der Waals surface area (Å²) < 4.78 is 7.58. The number of nitrogens with zero attached hydrogens (tertiary/aromatic N) is 4. The molecule has 0 saturated carbocycles. The molecule has 4 N–H and O–H groups in total. The van der Waals surface area contributed by atoms with E-state index in [1.807, 2.05) is 35.8 Å². The van der Waals surface area contributed by atoms with Crippen molar-refractivity contribution in [2.45, 2.75) is 39.8 Å². The smallest absolute Gasteiger partial charge is 0.223 e. The fourth-order valence-electron chi connectivity index (χ4n) is 4.50. The summed E-state index contributed by atoms with van der Waals surface area (Å²) in [6.07, 6.45) is 0.0537. The second-order valence-electron chi connectivity index (χ2n) is 9.32. The lowest BCUT2D eigenvalue weighted by Crippen LogP contribution is -2.25. The van der Waals surface area contributed by atoms with E-state index in [4.69, 9.17) is 26.7 Å². The van der Waals surface area contributed by atoms with Crippen LogP contribution in [0.5, 0.6) is 0 Å². The molecule has 1 aromatic carbocycles. The van der Waals surface area contributed by atoms with Crippen molar-refractivity contribution in [1.29, 1.82) is 0 Å². The molecule has 0 fully saturated rings. The van der Waals surface area contributed by atoms with Gasteiger partial charge in [-0.15, -0.1) is 21.5 Å².